The molecule has 2 aromatic carbocycles. The number of aryl methyl sites for hydroxylation is 1. The number of hydrogen-bond donors (Lipinski definition) is 0. The van der Waals surface area contributed by atoms with Crippen molar-refractivity contribution in [2.24, 2.45) is 5.92 Å². The lowest BCUT2D eigenvalue weighted by atomic mass is 9.93. The number of hydrogen-bond acceptors (Lipinski definition) is 7. The molecule has 2 aliphatic rings. The van der Waals surface area contributed by atoms with Gasteiger partial charge >= 0.3 is 18.0 Å². The zero-order chi connectivity index (χ0) is 28.1. The minimum atomic E-state index is -4.32. The van der Waals surface area contributed by atoms with Crippen LogP contribution in [-0.4, -0.2) is 46.9 Å². The number of ether oxygens (including phenoxy) is 3. The molecule has 3 heterocycles. The van der Waals surface area contributed by atoms with E-state index in [0.717, 1.165) is 61.5 Å². The highest BCUT2D eigenvalue weighted by Crippen LogP contribution is 2.30. The number of nitro groups is 1. The number of benzene rings is 2. The lowest BCUT2D eigenvalue weighted by Gasteiger charge is -2.33. The molecule has 0 saturated carbocycles. The average molecular weight is 561 g/mol. The van der Waals surface area contributed by atoms with Crippen molar-refractivity contribution in [2.75, 3.05) is 31.2 Å². The minimum absolute atomic E-state index is 0.221. The summed E-state index contributed by atoms with van der Waals surface area (Å²) in [6.45, 7) is 3.69. The second kappa shape index (κ2) is 12.2. The Morgan fingerprint density at radius 3 is 2.42 bits per heavy atom. The summed E-state index contributed by atoms with van der Waals surface area (Å²) in [7, 11) is 0. The lowest BCUT2D eigenvalue weighted by molar-refractivity contribution is -0.389. The van der Waals surface area contributed by atoms with E-state index in [1.165, 1.54) is 18.3 Å². The summed E-state index contributed by atoms with van der Waals surface area (Å²) in [5, 5.41) is 10.9. The molecule has 0 spiro atoms. The molecule has 3 aromatic rings. The molecule has 0 radical (unpaired) electrons. The Bertz CT molecular complexity index is 1270. The first-order valence-corrected chi connectivity index (χ1v) is 13.3. The van der Waals surface area contributed by atoms with E-state index in [9.17, 15) is 23.3 Å². The Morgan fingerprint density at radius 2 is 1.75 bits per heavy atom. The molecule has 0 aliphatic carbocycles. The number of alkyl halides is 3. The van der Waals surface area contributed by atoms with Crippen LogP contribution in [0.15, 0.2) is 54.7 Å². The predicted octanol–water partition coefficient (Wildman–Crippen LogP) is 5.86. The van der Waals surface area contributed by atoms with E-state index in [4.69, 9.17) is 14.2 Å². The molecular formula is C28H31F3N4O5. The van der Waals surface area contributed by atoms with Gasteiger partial charge in [0.2, 0.25) is 0 Å². The number of anilines is 1. The molecule has 1 atom stereocenters. The Kier molecular flexibility index (Phi) is 8.43. The second-order valence-electron chi connectivity index (χ2n) is 10.1. The van der Waals surface area contributed by atoms with Crippen molar-refractivity contribution in [2.45, 2.75) is 51.1 Å². The molecule has 1 unspecified atom stereocenters. The highest BCUT2D eigenvalue weighted by atomic mass is 19.4. The fourth-order valence-electron chi connectivity index (χ4n) is 4.99. The van der Waals surface area contributed by atoms with Gasteiger partial charge in [0.15, 0.2) is 0 Å². The summed E-state index contributed by atoms with van der Waals surface area (Å²) in [6, 6.07) is 13.3. The van der Waals surface area contributed by atoms with Crippen LogP contribution in [-0.2, 0) is 24.1 Å². The van der Waals surface area contributed by atoms with Gasteiger partial charge in [0, 0.05) is 43.3 Å². The first-order valence-electron chi connectivity index (χ1n) is 13.3. The highest BCUT2D eigenvalue weighted by molar-refractivity contribution is 5.49. The number of aromatic nitrogens is 2. The Labute approximate surface area is 229 Å². The molecular weight excluding hydrogens is 529 g/mol. The maximum atomic E-state index is 12.7. The summed E-state index contributed by atoms with van der Waals surface area (Å²) >= 11 is 0. The first-order chi connectivity index (χ1) is 19.2. The maximum absolute atomic E-state index is 12.7. The third-order valence-corrected chi connectivity index (χ3v) is 7.35. The molecule has 5 rings (SSSR count). The van der Waals surface area contributed by atoms with Gasteiger partial charge in [-0.15, -0.1) is 0 Å². The zero-order valence-corrected chi connectivity index (χ0v) is 21.9. The number of imidazole rings is 1. The topological polar surface area (TPSA) is 91.9 Å². The van der Waals surface area contributed by atoms with Crippen molar-refractivity contribution < 1.29 is 32.3 Å². The Balaban J connectivity index is 0.992. The molecule has 40 heavy (non-hydrogen) atoms. The van der Waals surface area contributed by atoms with Gasteiger partial charge in [-0.25, -0.2) is 0 Å². The fraction of sp³-hybridized carbons (Fsp3) is 0.464. The van der Waals surface area contributed by atoms with Crippen LogP contribution in [0.2, 0.25) is 0 Å². The smallest absolute Gasteiger partial charge is 0.416 e. The second-order valence-corrected chi connectivity index (χ2v) is 10.1. The van der Waals surface area contributed by atoms with Crippen molar-refractivity contribution in [1.82, 2.24) is 9.55 Å². The molecule has 1 fully saturated rings. The molecule has 12 heteroatoms. The van der Waals surface area contributed by atoms with E-state index in [1.54, 1.807) is 4.57 Å². The third kappa shape index (κ3) is 7.04. The molecule has 0 bridgehead atoms. The van der Waals surface area contributed by atoms with Crippen LogP contribution in [0.25, 0.3) is 0 Å². The zero-order valence-electron chi connectivity index (χ0n) is 21.9. The monoisotopic (exact) mass is 560 g/mol. The lowest BCUT2D eigenvalue weighted by Crippen LogP contribution is -2.34. The quantitative estimate of drug-likeness (QED) is 0.174. The maximum Gasteiger partial charge on any atom is 0.416 e. The van der Waals surface area contributed by atoms with Crippen LogP contribution in [0.3, 0.4) is 0 Å². The molecule has 214 valence electrons. The van der Waals surface area contributed by atoms with Crippen LogP contribution in [0.5, 0.6) is 11.8 Å². The van der Waals surface area contributed by atoms with Crippen LogP contribution < -0.4 is 14.4 Å². The van der Waals surface area contributed by atoms with Crippen LogP contribution in [0.4, 0.5) is 24.7 Å². The average Bonchev–Trinajstić information content (AvgIpc) is 3.39. The van der Waals surface area contributed by atoms with E-state index in [0.29, 0.717) is 38.7 Å². The first kappa shape index (κ1) is 27.8. The van der Waals surface area contributed by atoms with Crippen molar-refractivity contribution in [3.63, 3.8) is 0 Å². The number of rotatable bonds is 10. The van der Waals surface area contributed by atoms with E-state index < -0.39 is 16.7 Å². The number of halogens is 3. The summed E-state index contributed by atoms with van der Waals surface area (Å²) in [5.74, 6) is 1.06. The van der Waals surface area contributed by atoms with Gasteiger partial charge in [0.25, 0.3) is 0 Å². The van der Waals surface area contributed by atoms with Gasteiger partial charge in [-0.05, 0) is 72.1 Å². The summed E-state index contributed by atoms with van der Waals surface area (Å²) < 4.78 is 57.0. The number of nitrogens with zero attached hydrogens (tertiary/aromatic N) is 4. The van der Waals surface area contributed by atoms with Gasteiger partial charge in [-0.3, -0.25) is 4.57 Å². The van der Waals surface area contributed by atoms with Gasteiger partial charge in [0.1, 0.15) is 24.7 Å². The van der Waals surface area contributed by atoms with Crippen molar-refractivity contribution in [3.8, 4) is 11.8 Å². The van der Waals surface area contributed by atoms with Crippen molar-refractivity contribution in [1.29, 1.82) is 0 Å². The molecule has 0 amide bonds. The van der Waals surface area contributed by atoms with Crippen LogP contribution in [0.1, 0.15) is 36.8 Å². The predicted molar refractivity (Wildman–Crippen MR) is 141 cm³/mol. The molecule has 2 aliphatic heterocycles. The van der Waals surface area contributed by atoms with Crippen molar-refractivity contribution in [3.05, 3.63) is 76.0 Å². The van der Waals surface area contributed by atoms with E-state index in [1.807, 2.05) is 24.3 Å². The van der Waals surface area contributed by atoms with Gasteiger partial charge < -0.3 is 29.2 Å². The van der Waals surface area contributed by atoms with Gasteiger partial charge in [0.05, 0.1) is 12.2 Å². The molecule has 1 aromatic heterocycles. The summed E-state index contributed by atoms with van der Waals surface area (Å²) in [6.07, 6.45) is 0.535. The fourth-order valence-corrected chi connectivity index (χ4v) is 4.99. The number of fused-ring (bicyclic) bond motifs is 1. The standard InChI is InChI=1S/C28H31F3N4O5/c29-28(30,31)22-3-1-21(2-4-22)18-38-16-12-20-9-13-33(14-10-20)23-5-7-24(8-6-23)39-19-25-11-15-34-17-26(35(36)37)32-27(34)40-25/h1-8,17,20,25H,9-16,18-19H2. The Morgan fingerprint density at radius 1 is 1.02 bits per heavy atom. The SMILES string of the molecule is O=[N+]([O-])c1cn2c(n1)OC(COc1ccc(N3CCC(CCOCc4ccc(C(F)(F)F)cc4)CC3)cc1)CC2. The molecule has 1 saturated heterocycles. The molecule has 9 nitrogen and oxygen atoms in total. The minimum Gasteiger partial charge on any atom is -0.490 e. The van der Waals surface area contributed by atoms with Gasteiger partial charge in [-0.1, -0.05) is 12.1 Å². The Hall–Kier alpha value is -3.80. The summed E-state index contributed by atoms with van der Waals surface area (Å²) in [4.78, 5) is 16.6. The normalized spacial score (nSPS) is 17.8. The largest absolute Gasteiger partial charge is 0.490 e. The number of piperidine rings is 1. The van der Waals surface area contributed by atoms with Crippen molar-refractivity contribution >= 4 is 11.5 Å². The van der Waals surface area contributed by atoms with E-state index in [2.05, 4.69) is 9.88 Å². The van der Waals surface area contributed by atoms with E-state index >= 15 is 0 Å². The van der Waals surface area contributed by atoms with Gasteiger partial charge in [-0.2, -0.15) is 13.2 Å². The van der Waals surface area contributed by atoms with Crippen LogP contribution in [0, 0.1) is 16.0 Å². The highest BCUT2D eigenvalue weighted by Gasteiger charge is 2.30. The summed E-state index contributed by atoms with van der Waals surface area (Å²) in [5.41, 5.74) is 1.22. The third-order valence-electron chi connectivity index (χ3n) is 7.35. The van der Waals surface area contributed by atoms with Crippen LogP contribution >= 0.6 is 0 Å². The van der Waals surface area contributed by atoms with E-state index in [-0.39, 0.29) is 17.9 Å². The molecule has 0 N–H and O–H groups in total.